The third kappa shape index (κ3) is 4.29. The molecule has 3 aromatic heterocycles. The van der Waals surface area contributed by atoms with Crippen molar-refractivity contribution in [1.29, 1.82) is 0 Å². The lowest BCUT2D eigenvalue weighted by molar-refractivity contribution is 0.252. The fourth-order valence-corrected chi connectivity index (χ4v) is 5.03. The number of fused-ring (bicyclic) bond motifs is 1. The highest BCUT2D eigenvalue weighted by molar-refractivity contribution is 7.22. The summed E-state index contributed by atoms with van der Waals surface area (Å²) in [5.74, 6) is 0.296. The van der Waals surface area contributed by atoms with Crippen molar-refractivity contribution in [3.8, 4) is 22.4 Å². The summed E-state index contributed by atoms with van der Waals surface area (Å²) in [5, 5.41) is 9.03. The number of rotatable bonds is 5. The Labute approximate surface area is 200 Å². The molecule has 1 aliphatic rings. The molecule has 0 bridgehead atoms. The number of nitrogens with zero attached hydrogens (tertiary/aromatic N) is 4. The number of hydrogen-bond donors (Lipinski definition) is 3. The van der Waals surface area contributed by atoms with Gasteiger partial charge in [-0.1, -0.05) is 17.4 Å². The lowest BCUT2D eigenvalue weighted by Gasteiger charge is -2.30. The molecular weight excluding hydrogens is 453 g/mol. The summed E-state index contributed by atoms with van der Waals surface area (Å²) in [6, 6.07) is 10.7. The first kappa shape index (κ1) is 22.2. The zero-order chi connectivity index (χ0) is 23.5. The van der Waals surface area contributed by atoms with Gasteiger partial charge in [-0.25, -0.2) is 19.2 Å². The number of anilines is 2. The van der Waals surface area contributed by atoms with Crippen molar-refractivity contribution in [2.24, 2.45) is 0 Å². The summed E-state index contributed by atoms with van der Waals surface area (Å²) in [6.07, 6.45) is 3.43. The molecule has 0 unspecified atom stereocenters. The Hall–Kier alpha value is -3.63. The minimum atomic E-state index is -0.445. The lowest BCUT2D eigenvalue weighted by Crippen LogP contribution is -2.44. The van der Waals surface area contributed by atoms with E-state index in [0.29, 0.717) is 33.2 Å². The second-order valence-corrected chi connectivity index (χ2v) is 8.79. The molecular formula is C24H24FN7OS. The van der Waals surface area contributed by atoms with Gasteiger partial charge in [0.15, 0.2) is 10.9 Å². The van der Waals surface area contributed by atoms with Crippen LogP contribution < -0.4 is 20.9 Å². The lowest BCUT2D eigenvalue weighted by atomic mass is 9.99. The van der Waals surface area contributed by atoms with Crippen LogP contribution in [0.25, 0.3) is 32.6 Å². The van der Waals surface area contributed by atoms with Crippen molar-refractivity contribution in [3.05, 3.63) is 54.6 Å². The fraction of sp³-hybridized carbons (Fsp3) is 0.250. The van der Waals surface area contributed by atoms with Crippen molar-refractivity contribution in [2.75, 3.05) is 42.9 Å². The number of hydrogen-bond acceptors (Lipinski definition) is 7. The first-order valence-electron chi connectivity index (χ1n) is 11.2. The second kappa shape index (κ2) is 9.70. The van der Waals surface area contributed by atoms with E-state index in [0.717, 1.165) is 37.6 Å². The Balaban J connectivity index is 1.69. The highest BCUT2D eigenvalue weighted by atomic mass is 32.1. The van der Waals surface area contributed by atoms with Gasteiger partial charge in [0.25, 0.3) is 0 Å². The second-order valence-electron chi connectivity index (χ2n) is 7.79. The smallest absolute Gasteiger partial charge is 0.321 e. The van der Waals surface area contributed by atoms with E-state index in [1.165, 1.54) is 11.3 Å². The average molecular weight is 478 g/mol. The average Bonchev–Trinajstić information content (AvgIpc) is 3.29. The Morgan fingerprint density at radius 2 is 1.94 bits per heavy atom. The van der Waals surface area contributed by atoms with Gasteiger partial charge in [0, 0.05) is 61.8 Å². The zero-order valence-electron chi connectivity index (χ0n) is 18.6. The molecule has 3 N–H and O–H groups in total. The van der Waals surface area contributed by atoms with Crippen molar-refractivity contribution < 1.29 is 9.18 Å². The van der Waals surface area contributed by atoms with Crippen LogP contribution >= 0.6 is 11.3 Å². The zero-order valence-corrected chi connectivity index (χ0v) is 19.5. The Bertz CT molecular complexity index is 1320. The Morgan fingerprint density at radius 3 is 2.71 bits per heavy atom. The van der Waals surface area contributed by atoms with Gasteiger partial charge in [0.05, 0.1) is 10.4 Å². The van der Waals surface area contributed by atoms with Crippen molar-refractivity contribution >= 4 is 38.5 Å². The third-order valence-corrected chi connectivity index (χ3v) is 6.60. The molecule has 0 saturated carbocycles. The fourth-order valence-electron chi connectivity index (χ4n) is 4.05. The summed E-state index contributed by atoms with van der Waals surface area (Å²) < 4.78 is 16.7. The number of carbonyl (C=O) groups is 1. The molecule has 0 atom stereocenters. The van der Waals surface area contributed by atoms with Crippen LogP contribution in [0.1, 0.15) is 6.92 Å². The molecule has 1 aromatic carbocycles. The van der Waals surface area contributed by atoms with Crippen LogP contribution in [0, 0.1) is 5.82 Å². The van der Waals surface area contributed by atoms with E-state index in [9.17, 15) is 4.79 Å². The quantitative estimate of drug-likeness (QED) is 0.401. The number of carbonyl (C=O) groups excluding carboxylic acids is 1. The SMILES string of the molecule is CCNC(=O)Nc1nc2c(F)c(-c3cccnc3N3CCNCC3)cc(-c3ccccn3)c2s1. The van der Waals surface area contributed by atoms with E-state index in [4.69, 9.17) is 0 Å². The molecule has 4 aromatic rings. The maximum absolute atomic E-state index is 16.0. The highest BCUT2D eigenvalue weighted by Gasteiger charge is 2.24. The van der Waals surface area contributed by atoms with E-state index in [2.05, 4.69) is 35.8 Å². The maximum atomic E-state index is 16.0. The first-order chi connectivity index (χ1) is 16.7. The van der Waals surface area contributed by atoms with Crippen molar-refractivity contribution in [2.45, 2.75) is 6.92 Å². The van der Waals surface area contributed by atoms with Gasteiger partial charge in [-0.15, -0.1) is 0 Å². The molecule has 174 valence electrons. The standard InChI is InChI=1S/C24H24FN7OS/c1-2-27-23(33)31-24-30-20-19(25)16(14-17(21(20)34-24)18-7-3-4-8-28-18)15-6-5-9-29-22(15)32-12-10-26-11-13-32/h3-9,14,26H,2,10-13H2,1H3,(H2,27,30,31,33). The first-order valence-corrected chi connectivity index (χ1v) is 12.0. The minimum Gasteiger partial charge on any atom is -0.354 e. The number of halogens is 1. The number of amides is 2. The van der Waals surface area contributed by atoms with Crippen molar-refractivity contribution in [1.82, 2.24) is 25.6 Å². The van der Waals surface area contributed by atoms with E-state index < -0.39 is 5.82 Å². The van der Waals surface area contributed by atoms with E-state index >= 15 is 4.39 Å². The molecule has 4 heterocycles. The molecule has 1 aliphatic heterocycles. The summed E-state index contributed by atoms with van der Waals surface area (Å²) in [6.45, 7) is 5.57. The number of aromatic nitrogens is 3. The van der Waals surface area contributed by atoms with Crippen LogP contribution in [0.5, 0.6) is 0 Å². The van der Waals surface area contributed by atoms with Crippen LogP contribution in [0.2, 0.25) is 0 Å². The maximum Gasteiger partial charge on any atom is 0.321 e. The Morgan fingerprint density at radius 1 is 1.12 bits per heavy atom. The molecule has 10 heteroatoms. The van der Waals surface area contributed by atoms with E-state index in [1.807, 2.05) is 43.3 Å². The molecule has 0 spiro atoms. The largest absolute Gasteiger partial charge is 0.354 e. The van der Waals surface area contributed by atoms with Gasteiger partial charge in [-0.2, -0.15) is 0 Å². The van der Waals surface area contributed by atoms with Crippen molar-refractivity contribution in [3.63, 3.8) is 0 Å². The summed E-state index contributed by atoms with van der Waals surface area (Å²) >= 11 is 1.23. The van der Waals surface area contributed by atoms with E-state index in [-0.39, 0.29) is 11.5 Å². The van der Waals surface area contributed by atoms with E-state index in [1.54, 1.807) is 12.4 Å². The van der Waals surface area contributed by atoms with Gasteiger partial charge in [-0.3, -0.25) is 10.3 Å². The number of thiazole rings is 1. The van der Waals surface area contributed by atoms with Crippen LogP contribution in [-0.2, 0) is 0 Å². The number of pyridine rings is 2. The topological polar surface area (TPSA) is 95.1 Å². The molecule has 8 nitrogen and oxygen atoms in total. The van der Waals surface area contributed by atoms with Gasteiger partial charge >= 0.3 is 6.03 Å². The van der Waals surface area contributed by atoms with Crippen LogP contribution in [0.4, 0.5) is 20.1 Å². The monoisotopic (exact) mass is 477 g/mol. The van der Waals surface area contributed by atoms with Gasteiger partial charge in [0.1, 0.15) is 11.3 Å². The third-order valence-electron chi connectivity index (χ3n) is 5.60. The normalized spacial score (nSPS) is 13.8. The summed E-state index contributed by atoms with van der Waals surface area (Å²) in [5.41, 5.74) is 2.76. The predicted molar refractivity (Wildman–Crippen MR) is 134 cm³/mol. The highest BCUT2D eigenvalue weighted by Crippen LogP contribution is 2.42. The molecule has 34 heavy (non-hydrogen) atoms. The molecule has 5 rings (SSSR count). The molecule has 0 aliphatic carbocycles. The number of benzene rings is 1. The molecule has 2 amide bonds. The van der Waals surface area contributed by atoms with Gasteiger partial charge in [-0.05, 0) is 37.3 Å². The molecule has 1 saturated heterocycles. The number of piperazine rings is 1. The summed E-state index contributed by atoms with van der Waals surface area (Å²) in [7, 11) is 0. The van der Waals surface area contributed by atoms with Crippen LogP contribution in [0.15, 0.2) is 48.8 Å². The number of nitrogens with one attached hydrogen (secondary N) is 3. The van der Waals surface area contributed by atoms with Gasteiger partial charge < -0.3 is 15.5 Å². The number of urea groups is 1. The molecule has 1 fully saturated rings. The molecule has 0 radical (unpaired) electrons. The minimum absolute atomic E-state index is 0.199. The van der Waals surface area contributed by atoms with Gasteiger partial charge in [0.2, 0.25) is 0 Å². The summed E-state index contributed by atoms with van der Waals surface area (Å²) in [4.78, 5) is 27.8. The predicted octanol–water partition coefficient (Wildman–Crippen LogP) is 4.11. The Kier molecular flexibility index (Phi) is 6.33. The van der Waals surface area contributed by atoms with Crippen LogP contribution in [-0.4, -0.2) is 53.7 Å². The van der Waals surface area contributed by atoms with Crippen LogP contribution in [0.3, 0.4) is 0 Å².